The first kappa shape index (κ1) is 12.6. The monoisotopic (exact) mass is 285 g/mol. The van der Waals surface area contributed by atoms with E-state index in [1.54, 1.807) is 4.68 Å². The molecule has 0 bridgehead atoms. The summed E-state index contributed by atoms with van der Waals surface area (Å²) in [6.45, 7) is 1.81. The van der Waals surface area contributed by atoms with E-state index in [4.69, 9.17) is 0 Å². The van der Waals surface area contributed by atoms with Gasteiger partial charge in [0.1, 0.15) is 11.4 Å². The summed E-state index contributed by atoms with van der Waals surface area (Å²) >= 11 is 1.33. The molecule has 2 heterocycles. The minimum absolute atomic E-state index is 0.565. The molecule has 0 aliphatic rings. The maximum absolute atomic E-state index is 11.3. The topological polar surface area (TPSA) is 76.5 Å². The predicted octanol–water partition coefficient (Wildman–Crippen LogP) is 2.26. The average Bonchev–Trinajstić information content (AvgIpc) is 3.08. The molecule has 1 aromatic carbocycles. The minimum atomic E-state index is 0.565. The maximum Gasteiger partial charge on any atom is 0.189 e. The van der Waals surface area contributed by atoms with Gasteiger partial charge >= 0.3 is 0 Å². The minimum Gasteiger partial charge on any atom is -0.298 e. The second-order valence-corrected chi connectivity index (χ2v) is 5.04. The number of nitrogens with zero attached hydrogens (tertiary/aromatic N) is 4. The van der Waals surface area contributed by atoms with Crippen LogP contribution in [0.25, 0.3) is 5.69 Å². The van der Waals surface area contributed by atoms with Crippen LogP contribution in [0.2, 0.25) is 0 Å². The molecule has 0 atom stereocenters. The summed E-state index contributed by atoms with van der Waals surface area (Å²) in [5.41, 5.74) is 2.15. The molecular formula is C13H11N5OS. The number of aldehydes is 1. The largest absolute Gasteiger partial charge is 0.298 e. The number of aryl methyl sites for hydroxylation is 1. The second-order valence-electron chi connectivity index (χ2n) is 4.06. The van der Waals surface area contributed by atoms with Crippen molar-refractivity contribution in [2.24, 2.45) is 0 Å². The fourth-order valence-electron chi connectivity index (χ4n) is 1.83. The molecule has 0 radical (unpaired) electrons. The van der Waals surface area contributed by atoms with E-state index in [0.717, 1.165) is 17.0 Å². The van der Waals surface area contributed by atoms with E-state index in [9.17, 15) is 4.79 Å². The number of nitrogens with one attached hydrogen (secondary N) is 1. The van der Waals surface area contributed by atoms with Crippen LogP contribution >= 0.6 is 11.8 Å². The highest BCUT2D eigenvalue weighted by Gasteiger charge is 2.18. The number of para-hydroxylation sites is 1. The van der Waals surface area contributed by atoms with Crippen molar-refractivity contribution in [2.45, 2.75) is 17.1 Å². The van der Waals surface area contributed by atoms with Gasteiger partial charge in [-0.3, -0.25) is 9.89 Å². The summed E-state index contributed by atoms with van der Waals surface area (Å²) in [5.74, 6) is 0. The summed E-state index contributed by atoms with van der Waals surface area (Å²) in [5, 5.41) is 12.4. The fraction of sp³-hybridized carbons (Fsp3) is 0.0769. The summed E-state index contributed by atoms with van der Waals surface area (Å²) in [6.07, 6.45) is 2.25. The first-order valence-corrected chi connectivity index (χ1v) is 6.74. The Kier molecular flexibility index (Phi) is 3.34. The van der Waals surface area contributed by atoms with Crippen molar-refractivity contribution in [3.8, 4) is 5.69 Å². The Morgan fingerprint density at radius 1 is 1.30 bits per heavy atom. The molecule has 0 unspecified atom stereocenters. The molecule has 0 saturated carbocycles. The van der Waals surface area contributed by atoms with Gasteiger partial charge in [0.15, 0.2) is 11.4 Å². The van der Waals surface area contributed by atoms with Crippen LogP contribution in [-0.2, 0) is 0 Å². The van der Waals surface area contributed by atoms with Gasteiger partial charge in [-0.25, -0.2) is 9.67 Å². The normalized spacial score (nSPS) is 10.7. The quantitative estimate of drug-likeness (QED) is 0.744. The highest BCUT2D eigenvalue weighted by atomic mass is 32.2. The van der Waals surface area contributed by atoms with Crippen molar-refractivity contribution < 1.29 is 4.79 Å². The lowest BCUT2D eigenvalue weighted by Crippen LogP contribution is -1.98. The van der Waals surface area contributed by atoms with Gasteiger partial charge in [-0.15, -0.1) is 0 Å². The highest BCUT2D eigenvalue weighted by Crippen LogP contribution is 2.30. The maximum atomic E-state index is 11.3. The third-order valence-electron chi connectivity index (χ3n) is 2.77. The van der Waals surface area contributed by atoms with Crippen LogP contribution < -0.4 is 0 Å². The fourth-order valence-corrected chi connectivity index (χ4v) is 2.75. The average molecular weight is 285 g/mol. The number of aromatic nitrogens is 5. The third kappa shape index (κ3) is 2.23. The third-order valence-corrected chi connectivity index (χ3v) is 3.74. The van der Waals surface area contributed by atoms with Gasteiger partial charge in [-0.05, 0) is 30.8 Å². The molecule has 0 aliphatic carbocycles. The van der Waals surface area contributed by atoms with E-state index < -0.39 is 0 Å². The Morgan fingerprint density at radius 2 is 2.10 bits per heavy atom. The predicted molar refractivity (Wildman–Crippen MR) is 74.2 cm³/mol. The summed E-state index contributed by atoms with van der Waals surface area (Å²) < 4.78 is 1.74. The number of hydrogen-bond donors (Lipinski definition) is 1. The van der Waals surface area contributed by atoms with Crippen molar-refractivity contribution >= 4 is 18.0 Å². The Bertz CT molecular complexity index is 721. The molecule has 1 N–H and O–H groups in total. The molecule has 0 amide bonds. The van der Waals surface area contributed by atoms with Crippen LogP contribution in [0.3, 0.4) is 0 Å². The second kappa shape index (κ2) is 5.30. The number of rotatable bonds is 4. The van der Waals surface area contributed by atoms with E-state index >= 15 is 0 Å². The molecular weight excluding hydrogens is 274 g/mol. The molecule has 3 aromatic rings. The van der Waals surface area contributed by atoms with E-state index in [1.807, 2.05) is 37.3 Å². The molecule has 0 aliphatic heterocycles. The Morgan fingerprint density at radius 3 is 2.75 bits per heavy atom. The van der Waals surface area contributed by atoms with Gasteiger partial charge in [0.25, 0.3) is 0 Å². The van der Waals surface area contributed by atoms with Crippen molar-refractivity contribution in [3.05, 3.63) is 47.9 Å². The summed E-state index contributed by atoms with van der Waals surface area (Å²) in [6, 6.07) is 9.66. The highest BCUT2D eigenvalue weighted by molar-refractivity contribution is 7.99. The molecule has 6 nitrogen and oxygen atoms in total. The SMILES string of the molecule is Cc1nn(-c2ccccc2)c(Sc2ncn[nH]2)c1C=O. The molecule has 100 valence electrons. The van der Waals surface area contributed by atoms with Crippen molar-refractivity contribution in [2.75, 3.05) is 0 Å². The van der Waals surface area contributed by atoms with Crippen LogP contribution in [0.15, 0.2) is 46.8 Å². The van der Waals surface area contributed by atoms with Crippen LogP contribution in [0, 0.1) is 6.92 Å². The summed E-state index contributed by atoms with van der Waals surface area (Å²) in [4.78, 5) is 15.4. The molecule has 0 spiro atoms. The molecule has 0 saturated heterocycles. The lowest BCUT2D eigenvalue weighted by molar-refractivity contribution is 0.112. The molecule has 20 heavy (non-hydrogen) atoms. The summed E-state index contributed by atoms with van der Waals surface area (Å²) in [7, 11) is 0. The first-order valence-electron chi connectivity index (χ1n) is 5.93. The van der Waals surface area contributed by atoms with Crippen molar-refractivity contribution in [1.29, 1.82) is 0 Å². The number of carbonyl (C=O) groups is 1. The van der Waals surface area contributed by atoms with Crippen LogP contribution in [0.5, 0.6) is 0 Å². The van der Waals surface area contributed by atoms with E-state index in [1.165, 1.54) is 18.1 Å². The van der Waals surface area contributed by atoms with Gasteiger partial charge in [0.05, 0.1) is 16.9 Å². The zero-order valence-corrected chi connectivity index (χ0v) is 11.5. The van der Waals surface area contributed by atoms with Crippen LogP contribution in [0.1, 0.15) is 16.1 Å². The Hall–Kier alpha value is -2.41. The number of benzene rings is 1. The smallest absolute Gasteiger partial charge is 0.189 e. The Balaban J connectivity index is 2.12. The molecule has 3 rings (SSSR count). The lowest BCUT2D eigenvalue weighted by Gasteiger charge is -2.05. The number of aromatic amines is 1. The van der Waals surface area contributed by atoms with Gasteiger partial charge < -0.3 is 0 Å². The van der Waals surface area contributed by atoms with Crippen LogP contribution in [-0.4, -0.2) is 31.2 Å². The van der Waals surface area contributed by atoms with Gasteiger partial charge in [-0.1, -0.05) is 18.2 Å². The zero-order chi connectivity index (χ0) is 13.9. The van der Waals surface area contributed by atoms with Crippen molar-refractivity contribution in [3.63, 3.8) is 0 Å². The number of H-pyrrole nitrogens is 1. The van der Waals surface area contributed by atoms with Gasteiger partial charge in [-0.2, -0.15) is 10.2 Å². The lowest BCUT2D eigenvalue weighted by atomic mass is 10.3. The van der Waals surface area contributed by atoms with Gasteiger partial charge in [0.2, 0.25) is 0 Å². The number of carbonyl (C=O) groups excluding carboxylic acids is 1. The Labute approximate surface area is 119 Å². The molecule has 7 heteroatoms. The molecule has 2 aromatic heterocycles. The van der Waals surface area contributed by atoms with Crippen LogP contribution in [0.4, 0.5) is 0 Å². The standard InChI is InChI=1S/C13H11N5OS/c1-9-11(7-19)12(20-13-14-8-15-16-13)18(17-9)10-5-3-2-4-6-10/h2-8H,1H3,(H,14,15,16). The molecule has 0 fully saturated rings. The first-order chi connectivity index (χ1) is 9.79. The van der Waals surface area contributed by atoms with E-state index in [0.29, 0.717) is 16.4 Å². The van der Waals surface area contributed by atoms with Crippen molar-refractivity contribution in [1.82, 2.24) is 25.0 Å². The number of hydrogen-bond acceptors (Lipinski definition) is 5. The van der Waals surface area contributed by atoms with E-state index in [2.05, 4.69) is 20.3 Å². The zero-order valence-electron chi connectivity index (χ0n) is 10.6. The van der Waals surface area contributed by atoms with E-state index in [-0.39, 0.29) is 0 Å². The van der Waals surface area contributed by atoms with Gasteiger partial charge in [0, 0.05) is 0 Å².